The molecule has 4 aromatic heterocycles. The second-order valence-corrected chi connectivity index (χ2v) is 7.95. The lowest BCUT2D eigenvalue weighted by Gasteiger charge is -2.12. The van der Waals surface area contributed by atoms with Crippen molar-refractivity contribution in [1.82, 2.24) is 24.7 Å². The quantitative estimate of drug-likeness (QED) is 0.540. The van der Waals surface area contributed by atoms with Gasteiger partial charge in [-0.05, 0) is 43.4 Å². The summed E-state index contributed by atoms with van der Waals surface area (Å²) >= 11 is 1.78. The normalized spacial score (nSPS) is 13.6. The first-order valence-electron chi connectivity index (χ1n) is 9.45. The number of hydrogen-bond donors (Lipinski definition) is 2. The highest BCUT2D eigenvalue weighted by atomic mass is 32.1. The fourth-order valence-electron chi connectivity index (χ4n) is 3.66. The maximum Gasteiger partial charge on any atom is 0.164 e. The van der Waals surface area contributed by atoms with Crippen LogP contribution in [0.1, 0.15) is 23.3 Å². The zero-order valence-electron chi connectivity index (χ0n) is 15.3. The Balaban J connectivity index is 1.64. The van der Waals surface area contributed by atoms with Crippen molar-refractivity contribution in [3.05, 3.63) is 47.4 Å². The van der Waals surface area contributed by atoms with Crippen LogP contribution in [0.25, 0.3) is 21.6 Å². The number of aromatic nitrogens is 5. The largest absolute Gasteiger partial charge is 0.394 e. The molecule has 0 bridgehead atoms. The standard InChI is InChI=1S/C20H20N6OS/c27-9-8-26-12-14(11-22-26)23-19-17-15-5-1-2-6-16(15)28-20(17)25-18(24-19)13-4-3-7-21-10-13/h3-4,7,10-12,27H,1-2,5-6,8-9H2,(H,23,24,25). The van der Waals surface area contributed by atoms with Crippen molar-refractivity contribution in [1.29, 1.82) is 0 Å². The maximum absolute atomic E-state index is 9.12. The Morgan fingerprint density at radius 1 is 1.18 bits per heavy atom. The Morgan fingerprint density at radius 2 is 2.11 bits per heavy atom. The number of nitrogens with zero attached hydrogens (tertiary/aromatic N) is 5. The van der Waals surface area contributed by atoms with Gasteiger partial charge in [0.25, 0.3) is 0 Å². The molecule has 2 N–H and O–H groups in total. The van der Waals surface area contributed by atoms with Gasteiger partial charge in [-0.25, -0.2) is 9.97 Å². The van der Waals surface area contributed by atoms with Crippen LogP contribution >= 0.6 is 11.3 Å². The second-order valence-electron chi connectivity index (χ2n) is 6.87. The number of aryl methyl sites for hydroxylation is 2. The van der Waals surface area contributed by atoms with Gasteiger partial charge in [-0.2, -0.15) is 5.10 Å². The van der Waals surface area contributed by atoms with E-state index in [9.17, 15) is 0 Å². The Morgan fingerprint density at radius 3 is 2.96 bits per heavy atom. The lowest BCUT2D eigenvalue weighted by molar-refractivity contribution is 0.269. The smallest absolute Gasteiger partial charge is 0.164 e. The van der Waals surface area contributed by atoms with Crippen LogP contribution in [0.5, 0.6) is 0 Å². The molecule has 0 saturated carbocycles. The Labute approximate surface area is 166 Å². The summed E-state index contributed by atoms with van der Waals surface area (Å²) in [5.74, 6) is 1.48. The number of nitrogens with one attached hydrogen (secondary N) is 1. The number of rotatable bonds is 5. The highest BCUT2D eigenvalue weighted by Crippen LogP contribution is 2.40. The molecule has 28 heavy (non-hydrogen) atoms. The second kappa shape index (κ2) is 7.29. The van der Waals surface area contributed by atoms with Crippen molar-refractivity contribution in [2.75, 3.05) is 11.9 Å². The highest BCUT2D eigenvalue weighted by Gasteiger charge is 2.22. The van der Waals surface area contributed by atoms with E-state index in [1.165, 1.54) is 23.3 Å². The van der Waals surface area contributed by atoms with Crippen LogP contribution in [0.3, 0.4) is 0 Å². The summed E-state index contributed by atoms with van der Waals surface area (Å²) in [6.07, 6.45) is 11.8. The number of thiophene rings is 1. The summed E-state index contributed by atoms with van der Waals surface area (Å²) in [5, 5.41) is 18.0. The summed E-state index contributed by atoms with van der Waals surface area (Å²) in [4.78, 5) is 16.4. The van der Waals surface area contributed by atoms with E-state index in [1.54, 1.807) is 34.6 Å². The van der Waals surface area contributed by atoms with Crippen LogP contribution in [-0.2, 0) is 19.4 Å². The van der Waals surface area contributed by atoms with E-state index >= 15 is 0 Å². The predicted molar refractivity (Wildman–Crippen MR) is 110 cm³/mol. The van der Waals surface area contributed by atoms with Crippen LogP contribution in [0.15, 0.2) is 36.9 Å². The molecular formula is C20H20N6OS. The van der Waals surface area contributed by atoms with Gasteiger partial charge < -0.3 is 10.4 Å². The van der Waals surface area contributed by atoms with Crippen LogP contribution in [0, 0.1) is 0 Å². The zero-order chi connectivity index (χ0) is 18.9. The molecular weight excluding hydrogens is 372 g/mol. The minimum atomic E-state index is 0.0576. The van der Waals surface area contributed by atoms with Gasteiger partial charge in [0, 0.05) is 29.0 Å². The van der Waals surface area contributed by atoms with Crippen molar-refractivity contribution in [3.63, 3.8) is 0 Å². The molecule has 4 heterocycles. The van der Waals surface area contributed by atoms with Crippen molar-refractivity contribution in [3.8, 4) is 11.4 Å². The molecule has 0 aliphatic heterocycles. The zero-order valence-corrected chi connectivity index (χ0v) is 16.1. The summed E-state index contributed by atoms with van der Waals surface area (Å²) < 4.78 is 1.71. The van der Waals surface area contributed by atoms with Gasteiger partial charge in [-0.3, -0.25) is 9.67 Å². The molecule has 0 saturated heterocycles. The number of fused-ring (bicyclic) bond motifs is 3. The number of anilines is 2. The molecule has 0 aromatic carbocycles. The Kier molecular flexibility index (Phi) is 4.50. The van der Waals surface area contributed by atoms with Gasteiger partial charge in [0.2, 0.25) is 0 Å². The molecule has 0 atom stereocenters. The topological polar surface area (TPSA) is 88.8 Å². The number of aliphatic hydroxyl groups is 1. The SMILES string of the molecule is OCCn1cc(Nc2nc(-c3cccnc3)nc3sc4c(c23)CCCC4)cn1. The van der Waals surface area contributed by atoms with Crippen LogP contribution in [-0.4, -0.2) is 36.4 Å². The summed E-state index contributed by atoms with van der Waals surface area (Å²) in [6.45, 7) is 0.526. The minimum absolute atomic E-state index is 0.0576. The van der Waals surface area contributed by atoms with Gasteiger partial charge >= 0.3 is 0 Å². The van der Waals surface area contributed by atoms with E-state index in [0.717, 1.165) is 40.1 Å². The molecule has 1 aliphatic carbocycles. The molecule has 8 heteroatoms. The van der Waals surface area contributed by atoms with Crippen LogP contribution in [0.2, 0.25) is 0 Å². The third kappa shape index (κ3) is 3.14. The van der Waals surface area contributed by atoms with Gasteiger partial charge in [0.1, 0.15) is 10.6 Å². The van der Waals surface area contributed by atoms with E-state index in [0.29, 0.717) is 12.4 Å². The molecule has 1 aliphatic rings. The van der Waals surface area contributed by atoms with Crippen molar-refractivity contribution < 1.29 is 5.11 Å². The first-order chi connectivity index (χ1) is 13.8. The monoisotopic (exact) mass is 392 g/mol. The van der Waals surface area contributed by atoms with Gasteiger partial charge in [0.05, 0.1) is 30.4 Å². The highest BCUT2D eigenvalue weighted by molar-refractivity contribution is 7.19. The number of aliphatic hydroxyl groups excluding tert-OH is 1. The fourth-order valence-corrected chi connectivity index (χ4v) is 4.92. The molecule has 0 spiro atoms. The van der Waals surface area contributed by atoms with E-state index in [4.69, 9.17) is 15.1 Å². The third-order valence-corrected chi connectivity index (χ3v) is 6.15. The van der Waals surface area contributed by atoms with Gasteiger partial charge in [-0.1, -0.05) is 0 Å². The van der Waals surface area contributed by atoms with Gasteiger partial charge in [-0.15, -0.1) is 11.3 Å². The molecule has 0 fully saturated rings. The fraction of sp³-hybridized carbons (Fsp3) is 0.300. The summed E-state index contributed by atoms with van der Waals surface area (Å²) in [5.41, 5.74) is 3.13. The number of pyridine rings is 1. The molecule has 4 aromatic rings. The first kappa shape index (κ1) is 17.3. The Hall–Kier alpha value is -2.84. The molecule has 0 amide bonds. The number of hydrogen-bond acceptors (Lipinski definition) is 7. The summed E-state index contributed by atoms with van der Waals surface area (Å²) in [7, 11) is 0. The van der Waals surface area contributed by atoms with Crippen LogP contribution < -0.4 is 5.32 Å². The van der Waals surface area contributed by atoms with E-state index in [2.05, 4.69) is 15.4 Å². The molecule has 5 rings (SSSR count). The average molecular weight is 392 g/mol. The lowest BCUT2D eigenvalue weighted by Crippen LogP contribution is -2.03. The third-order valence-electron chi connectivity index (χ3n) is 4.96. The van der Waals surface area contributed by atoms with Gasteiger partial charge in [0.15, 0.2) is 5.82 Å². The molecule has 0 radical (unpaired) electrons. The van der Waals surface area contributed by atoms with Crippen molar-refractivity contribution in [2.24, 2.45) is 0 Å². The molecule has 142 valence electrons. The first-order valence-corrected chi connectivity index (χ1v) is 10.3. The van der Waals surface area contributed by atoms with E-state index in [-0.39, 0.29) is 6.61 Å². The van der Waals surface area contributed by atoms with Crippen molar-refractivity contribution >= 4 is 33.1 Å². The van der Waals surface area contributed by atoms with E-state index < -0.39 is 0 Å². The summed E-state index contributed by atoms with van der Waals surface area (Å²) in [6, 6.07) is 3.87. The molecule has 7 nitrogen and oxygen atoms in total. The van der Waals surface area contributed by atoms with E-state index in [1.807, 2.05) is 18.3 Å². The van der Waals surface area contributed by atoms with Crippen LogP contribution in [0.4, 0.5) is 11.5 Å². The lowest BCUT2D eigenvalue weighted by atomic mass is 9.97. The molecule has 0 unspecified atom stereocenters. The maximum atomic E-state index is 9.12. The predicted octanol–water partition coefficient (Wildman–Crippen LogP) is 3.56. The minimum Gasteiger partial charge on any atom is -0.394 e. The average Bonchev–Trinajstić information content (AvgIpc) is 3.33. The van der Waals surface area contributed by atoms with Crippen molar-refractivity contribution in [2.45, 2.75) is 32.2 Å². The Bertz CT molecular complexity index is 1120.